The fourth-order valence-electron chi connectivity index (χ4n) is 3.73. The molecule has 3 heterocycles. The molecule has 2 fully saturated rings. The van der Waals surface area contributed by atoms with Crippen LogP contribution in [0.25, 0.3) is 11.0 Å². The molecule has 0 spiro atoms. The zero-order valence-corrected chi connectivity index (χ0v) is 14.7. The van der Waals surface area contributed by atoms with Crippen LogP contribution in [-0.2, 0) is 9.53 Å². The van der Waals surface area contributed by atoms with Gasteiger partial charge in [-0.15, -0.1) is 0 Å². The molecule has 7 nitrogen and oxygen atoms in total. The van der Waals surface area contributed by atoms with E-state index in [-0.39, 0.29) is 23.6 Å². The molecular formula is C19H22N2O5. The van der Waals surface area contributed by atoms with Gasteiger partial charge in [0.2, 0.25) is 5.91 Å². The van der Waals surface area contributed by atoms with Crippen LogP contribution in [0.3, 0.4) is 0 Å². The van der Waals surface area contributed by atoms with Crippen LogP contribution in [0, 0.1) is 0 Å². The summed E-state index contributed by atoms with van der Waals surface area (Å²) in [6.45, 7) is 2.04. The minimum atomic E-state index is -0.500. The topological polar surface area (TPSA) is 81.0 Å². The second kappa shape index (κ2) is 6.99. The number of furan rings is 1. The molecule has 1 unspecified atom stereocenters. The fraction of sp³-hybridized carbons (Fsp3) is 0.474. The van der Waals surface area contributed by atoms with E-state index in [1.165, 1.54) is 0 Å². The standard InChI is InChI=1S/C19H22N2O5/c1-24-15-4-2-3-12-11-16(26-17(12)15)18(22)20-14-5-8-21(19(14)23)13-6-9-25-10-7-13/h2-4,11,13-14H,5-10H2,1H3,(H,20,22). The minimum Gasteiger partial charge on any atom is -0.493 e. The Morgan fingerprint density at radius 1 is 1.27 bits per heavy atom. The molecule has 1 aromatic heterocycles. The van der Waals surface area contributed by atoms with Gasteiger partial charge in [0, 0.05) is 31.2 Å². The number of nitrogens with one attached hydrogen (secondary N) is 1. The summed E-state index contributed by atoms with van der Waals surface area (Å²) < 4.78 is 16.3. The van der Waals surface area contributed by atoms with E-state index in [9.17, 15) is 9.59 Å². The summed E-state index contributed by atoms with van der Waals surface area (Å²) in [6, 6.07) is 6.85. The number of para-hydroxylation sites is 1. The quantitative estimate of drug-likeness (QED) is 0.903. The first-order valence-electron chi connectivity index (χ1n) is 8.93. The Bertz CT molecular complexity index is 824. The molecule has 138 valence electrons. The van der Waals surface area contributed by atoms with Gasteiger partial charge in [0.15, 0.2) is 17.1 Å². The highest BCUT2D eigenvalue weighted by atomic mass is 16.5. The van der Waals surface area contributed by atoms with Gasteiger partial charge in [-0.1, -0.05) is 12.1 Å². The van der Waals surface area contributed by atoms with Crippen molar-refractivity contribution in [2.24, 2.45) is 0 Å². The van der Waals surface area contributed by atoms with Gasteiger partial charge in [0.25, 0.3) is 5.91 Å². The first-order chi connectivity index (χ1) is 12.7. The van der Waals surface area contributed by atoms with Crippen molar-refractivity contribution in [3.05, 3.63) is 30.0 Å². The zero-order chi connectivity index (χ0) is 18.1. The number of likely N-dealkylation sites (tertiary alicyclic amines) is 1. The number of ether oxygens (including phenoxy) is 2. The van der Waals surface area contributed by atoms with Gasteiger partial charge < -0.3 is 24.1 Å². The molecule has 2 aliphatic heterocycles. The second-order valence-corrected chi connectivity index (χ2v) is 6.68. The molecule has 2 saturated heterocycles. The number of carbonyl (C=O) groups excluding carboxylic acids is 2. The van der Waals surface area contributed by atoms with Gasteiger partial charge >= 0.3 is 0 Å². The van der Waals surface area contributed by atoms with Crippen molar-refractivity contribution >= 4 is 22.8 Å². The molecule has 2 aliphatic rings. The van der Waals surface area contributed by atoms with Gasteiger partial charge in [-0.3, -0.25) is 9.59 Å². The SMILES string of the molecule is COc1cccc2cc(C(=O)NC3CCN(C4CCOCC4)C3=O)oc12. The Balaban J connectivity index is 1.46. The third-order valence-corrected chi connectivity index (χ3v) is 5.13. The number of hydrogen-bond donors (Lipinski definition) is 1. The minimum absolute atomic E-state index is 0.0149. The maximum Gasteiger partial charge on any atom is 0.287 e. The van der Waals surface area contributed by atoms with Crippen molar-refractivity contribution < 1.29 is 23.5 Å². The first-order valence-corrected chi connectivity index (χ1v) is 8.93. The predicted molar refractivity (Wildman–Crippen MR) is 94.2 cm³/mol. The van der Waals surface area contributed by atoms with E-state index in [1.54, 1.807) is 19.2 Å². The number of nitrogens with zero attached hydrogens (tertiary/aromatic N) is 1. The highest BCUT2D eigenvalue weighted by molar-refractivity contribution is 5.99. The molecule has 4 rings (SSSR count). The monoisotopic (exact) mass is 358 g/mol. The van der Waals surface area contributed by atoms with E-state index >= 15 is 0 Å². The van der Waals surface area contributed by atoms with Gasteiger partial charge in [0.05, 0.1) is 7.11 Å². The van der Waals surface area contributed by atoms with E-state index in [2.05, 4.69) is 5.32 Å². The molecule has 0 bridgehead atoms. The van der Waals surface area contributed by atoms with E-state index in [0.717, 1.165) is 18.2 Å². The number of carbonyl (C=O) groups is 2. The highest BCUT2D eigenvalue weighted by Gasteiger charge is 2.37. The summed E-state index contributed by atoms with van der Waals surface area (Å²) in [5.74, 6) is 0.361. The lowest BCUT2D eigenvalue weighted by atomic mass is 10.1. The van der Waals surface area contributed by atoms with Crippen LogP contribution in [0.5, 0.6) is 5.75 Å². The number of benzene rings is 1. The maximum absolute atomic E-state index is 12.7. The van der Waals surface area contributed by atoms with Crippen molar-refractivity contribution in [2.75, 3.05) is 26.9 Å². The van der Waals surface area contributed by atoms with Crippen molar-refractivity contribution in [3.8, 4) is 5.75 Å². The fourth-order valence-corrected chi connectivity index (χ4v) is 3.73. The first kappa shape index (κ1) is 16.9. The number of fused-ring (bicyclic) bond motifs is 1. The smallest absolute Gasteiger partial charge is 0.287 e. The Labute approximate surface area is 151 Å². The van der Waals surface area contributed by atoms with Crippen LogP contribution < -0.4 is 10.1 Å². The van der Waals surface area contributed by atoms with Crippen molar-refractivity contribution in [1.29, 1.82) is 0 Å². The number of hydrogen-bond acceptors (Lipinski definition) is 5. The molecule has 2 aromatic rings. The number of methoxy groups -OCH3 is 1. The average molecular weight is 358 g/mol. The lowest BCUT2D eigenvalue weighted by molar-refractivity contribution is -0.132. The van der Waals surface area contributed by atoms with E-state index < -0.39 is 6.04 Å². The molecule has 0 radical (unpaired) electrons. The Hall–Kier alpha value is -2.54. The van der Waals surface area contributed by atoms with E-state index in [0.29, 0.717) is 37.5 Å². The van der Waals surface area contributed by atoms with E-state index in [1.807, 2.05) is 17.0 Å². The lowest BCUT2D eigenvalue weighted by Crippen LogP contribution is -2.46. The van der Waals surface area contributed by atoms with Crippen LogP contribution in [0.2, 0.25) is 0 Å². The van der Waals surface area contributed by atoms with Gasteiger partial charge in [-0.2, -0.15) is 0 Å². The van der Waals surface area contributed by atoms with E-state index in [4.69, 9.17) is 13.9 Å². The highest BCUT2D eigenvalue weighted by Crippen LogP contribution is 2.28. The molecule has 0 saturated carbocycles. The third kappa shape index (κ3) is 3.03. The van der Waals surface area contributed by atoms with Gasteiger partial charge in [0.1, 0.15) is 6.04 Å². The maximum atomic E-state index is 12.7. The summed E-state index contributed by atoms with van der Waals surface area (Å²) in [7, 11) is 1.55. The summed E-state index contributed by atoms with van der Waals surface area (Å²) >= 11 is 0. The van der Waals surface area contributed by atoms with Crippen LogP contribution in [0.4, 0.5) is 0 Å². The summed E-state index contributed by atoms with van der Waals surface area (Å²) in [6.07, 6.45) is 2.33. The largest absolute Gasteiger partial charge is 0.493 e. The van der Waals surface area contributed by atoms with Crippen LogP contribution >= 0.6 is 0 Å². The molecular weight excluding hydrogens is 336 g/mol. The molecule has 1 atom stereocenters. The van der Waals surface area contributed by atoms with Gasteiger partial charge in [-0.05, 0) is 31.4 Å². The zero-order valence-electron chi connectivity index (χ0n) is 14.7. The third-order valence-electron chi connectivity index (χ3n) is 5.13. The lowest BCUT2D eigenvalue weighted by Gasteiger charge is -2.31. The summed E-state index contributed by atoms with van der Waals surface area (Å²) in [4.78, 5) is 27.1. The number of rotatable bonds is 4. The predicted octanol–water partition coefficient (Wildman–Crippen LogP) is 1.95. The Kier molecular flexibility index (Phi) is 4.55. The average Bonchev–Trinajstić information content (AvgIpc) is 3.26. The van der Waals surface area contributed by atoms with Gasteiger partial charge in [-0.25, -0.2) is 0 Å². The molecule has 26 heavy (non-hydrogen) atoms. The summed E-state index contributed by atoms with van der Waals surface area (Å²) in [5, 5.41) is 3.60. The molecule has 7 heteroatoms. The van der Waals surface area contributed by atoms with Crippen LogP contribution in [0.1, 0.15) is 29.8 Å². The number of amides is 2. The van der Waals surface area contributed by atoms with Crippen molar-refractivity contribution in [1.82, 2.24) is 10.2 Å². The van der Waals surface area contributed by atoms with Crippen LogP contribution in [-0.4, -0.2) is 55.7 Å². The Morgan fingerprint density at radius 2 is 2.08 bits per heavy atom. The molecule has 1 aromatic carbocycles. The molecule has 0 aliphatic carbocycles. The van der Waals surface area contributed by atoms with Crippen molar-refractivity contribution in [2.45, 2.75) is 31.3 Å². The second-order valence-electron chi connectivity index (χ2n) is 6.68. The van der Waals surface area contributed by atoms with Crippen molar-refractivity contribution in [3.63, 3.8) is 0 Å². The summed E-state index contributed by atoms with van der Waals surface area (Å²) in [5.41, 5.74) is 0.529. The molecule has 2 amide bonds. The van der Waals surface area contributed by atoms with Crippen LogP contribution in [0.15, 0.2) is 28.7 Å². The normalized spacial score (nSPS) is 21.3. The Morgan fingerprint density at radius 3 is 2.85 bits per heavy atom. The molecule has 1 N–H and O–H groups in total.